The molecule has 12 heteroatoms. The molecule has 204 valence electrons. The Morgan fingerprint density at radius 3 is 2.34 bits per heavy atom. The molecule has 3 rings (SSSR count). The summed E-state index contributed by atoms with van der Waals surface area (Å²) in [7, 11) is 2.66. The van der Waals surface area contributed by atoms with Crippen molar-refractivity contribution in [3.63, 3.8) is 0 Å². The number of alkyl halides is 3. The number of nitrogens with zero attached hydrogens (tertiary/aromatic N) is 1. The third kappa shape index (κ3) is 7.05. The lowest BCUT2D eigenvalue weighted by atomic mass is 10.0. The maximum atomic E-state index is 14.1. The minimum absolute atomic E-state index is 0.0177. The molecule has 1 aromatic heterocycles. The lowest BCUT2D eigenvalue weighted by Gasteiger charge is -2.22. The smallest absolute Gasteiger partial charge is 0.398 e. The fourth-order valence-corrected chi connectivity index (χ4v) is 3.67. The zero-order valence-corrected chi connectivity index (χ0v) is 21.4. The third-order valence-corrected chi connectivity index (χ3v) is 5.71. The molecule has 3 aromatic rings. The lowest BCUT2D eigenvalue weighted by molar-refractivity contribution is -0.149. The Hall–Kier alpha value is -3.57. The Morgan fingerprint density at radius 1 is 1.05 bits per heavy atom. The second kappa shape index (κ2) is 12.3. The van der Waals surface area contributed by atoms with Gasteiger partial charge in [-0.05, 0) is 55.5 Å². The number of halogens is 5. The van der Waals surface area contributed by atoms with Crippen molar-refractivity contribution < 1.29 is 41.7 Å². The van der Waals surface area contributed by atoms with E-state index in [9.17, 15) is 27.5 Å². The molecule has 2 aromatic carbocycles. The van der Waals surface area contributed by atoms with Crippen LogP contribution in [0.3, 0.4) is 0 Å². The van der Waals surface area contributed by atoms with Crippen LogP contribution in [0.25, 0.3) is 11.3 Å². The van der Waals surface area contributed by atoms with Gasteiger partial charge in [0.15, 0.2) is 11.5 Å². The normalized spacial score (nSPS) is 13.0. The third-order valence-electron chi connectivity index (χ3n) is 5.42. The van der Waals surface area contributed by atoms with Crippen molar-refractivity contribution in [2.24, 2.45) is 0 Å². The van der Waals surface area contributed by atoms with Crippen LogP contribution in [0.1, 0.15) is 28.9 Å². The highest BCUT2D eigenvalue weighted by Crippen LogP contribution is 2.37. The maximum absolute atomic E-state index is 14.1. The Labute approximate surface area is 221 Å². The molecule has 7 nitrogen and oxygen atoms in total. The standard InChI is InChI=1S/C26H25ClF4N2O5/c1-14(34)13-38-21-8-5-16(11-23(21)37-3)25(35)32-12-17(26(29,30)31)20-7-9-22(36-2)24(33-20)15-4-6-19(28)18(27)10-15/h4-11,14,17,34H,12-13H2,1-3H3,(H,32,35). The SMILES string of the molecule is COc1cc(C(=O)NCC(c2ccc(OC)c(-c3ccc(F)c(Cl)c3)n2)C(F)(F)F)ccc1OCC(C)O. The van der Waals surface area contributed by atoms with Crippen LogP contribution in [0.5, 0.6) is 17.2 Å². The van der Waals surface area contributed by atoms with Gasteiger partial charge in [-0.3, -0.25) is 4.79 Å². The van der Waals surface area contributed by atoms with Gasteiger partial charge in [0.25, 0.3) is 5.91 Å². The van der Waals surface area contributed by atoms with Crippen LogP contribution in [-0.4, -0.2) is 55.6 Å². The summed E-state index contributed by atoms with van der Waals surface area (Å²) >= 11 is 5.84. The minimum Gasteiger partial charge on any atom is -0.494 e. The average molecular weight is 557 g/mol. The van der Waals surface area contributed by atoms with Crippen LogP contribution in [0.2, 0.25) is 5.02 Å². The zero-order chi connectivity index (χ0) is 28.0. The molecule has 0 spiro atoms. The van der Waals surface area contributed by atoms with Crippen LogP contribution < -0.4 is 19.5 Å². The van der Waals surface area contributed by atoms with Gasteiger partial charge in [-0.2, -0.15) is 13.2 Å². The lowest BCUT2D eigenvalue weighted by Crippen LogP contribution is -2.35. The molecule has 2 atom stereocenters. The summed E-state index contributed by atoms with van der Waals surface area (Å²) in [5, 5.41) is 11.4. The molecular weight excluding hydrogens is 532 g/mol. The molecule has 0 fully saturated rings. The molecular formula is C26H25ClF4N2O5. The number of hydrogen-bond donors (Lipinski definition) is 2. The van der Waals surface area contributed by atoms with Gasteiger partial charge in [-0.15, -0.1) is 0 Å². The van der Waals surface area contributed by atoms with Gasteiger partial charge in [-0.25, -0.2) is 9.37 Å². The van der Waals surface area contributed by atoms with Gasteiger partial charge >= 0.3 is 6.18 Å². The van der Waals surface area contributed by atoms with Crippen LogP contribution in [0.15, 0.2) is 48.5 Å². The number of hydrogen-bond acceptors (Lipinski definition) is 6. The highest BCUT2D eigenvalue weighted by Gasteiger charge is 2.42. The molecule has 0 radical (unpaired) electrons. The number of benzene rings is 2. The fourth-order valence-electron chi connectivity index (χ4n) is 3.49. The Kier molecular flexibility index (Phi) is 9.40. The monoisotopic (exact) mass is 556 g/mol. The van der Waals surface area contributed by atoms with E-state index in [0.717, 1.165) is 12.1 Å². The van der Waals surface area contributed by atoms with Crippen molar-refractivity contribution in [3.8, 4) is 28.5 Å². The van der Waals surface area contributed by atoms with Crippen LogP contribution in [-0.2, 0) is 0 Å². The number of aliphatic hydroxyl groups is 1. The molecule has 0 aliphatic carbocycles. The second-order valence-corrected chi connectivity index (χ2v) is 8.65. The van der Waals surface area contributed by atoms with E-state index in [0.29, 0.717) is 0 Å². The molecule has 38 heavy (non-hydrogen) atoms. The molecule has 0 aliphatic heterocycles. The molecule has 1 heterocycles. The number of nitrogens with one attached hydrogen (secondary N) is 1. The molecule has 1 amide bonds. The van der Waals surface area contributed by atoms with Crippen molar-refractivity contribution in [1.29, 1.82) is 0 Å². The summed E-state index contributed by atoms with van der Waals surface area (Å²) in [6, 6.07) is 10.2. The Bertz CT molecular complexity index is 1290. The first-order valence-corrected chi connectivity index (χ1v) is 11.7. The minimum atomic E-state index is -4.76. The van der Waals surface area contributed by atoms with E-state index in [1.807, 2.05) is 0 Å². The number of carbonyl (C=O) groups is 1. The fraction of sp³-hybridized carbons (Fsp3) is 0.308. The number of ether oxygens (including phenoxy) is 3. The first kappa shape index (κ1) is 29.0. The molecule has 0 aliphatic rings. The van der Waals surface area contributed by atoms with E-state index in [1.165, 1.54) is 57.5 Å². The Balaban J connectivity index is 1.86. The summed E-state index contributed by atoms with van der Waals surface area (Å²) in [6.45, 7) is 0.699. The van der Waals surface area contributed by atoms with Crippen molar-refractivity contribution in [3.05, 3.63) is 70.6 Å². The van der Waals surface area contributed by atoms with Crippen molar-refractivity contribution in [2.75, 3.05) is 27.4 Å². The van der Waals surface area contributed by atoms with Crippen molar-refractivity contribution in [2.45, 2.75) is 25.1 Å². The van der Waals surface area contributed by atoms with E-state index in [1.54, 1.807) is 0 Å². The summed E-state index contributed by atoms with van der Waals surface area (Å²) in [4.78, 5) is 16.8. The highest BCUT2D eigenvalue weighted by atomic mass is 35.5. The highest BCUT2D eigenvalue weighted by molar-refractivity contribution is 6.31. The van der Waals surface area contributed by atoms with Gasteiger partial charge in [0.2, 0.25) is 0 Å². The molecule has 2 N–H and O–H groups in total. The molecule has 0 saturated carbocycles. The van der Waals surface area contributed by atoms with E-state index < -0.39 is 36.5 Å². The maximum Gasteiger partial charge on any atom is 0.398 e. The van der Waals surface area contributed by atoms with E-state index >= 15 is 0 Å². The number of pyridine rings is 1. The Morgan fingerprint density at radius 2 is 1.74 bits per heavy atom. The van der Waals surface area contributed by atoms with Crippen LogP contribution >= 0.6 is 11.6 Å². The first-order valence-electron chi connectivity index (χ1n) is 11.3. The first-order chi connectivity index (χ1) is 17.9. The average Bonchev–Trinajstić information content (AvgIpc) is 2.88. The topological polar surface area (TPSA) is 89.9 Å². The largest absolute Gasteiger partial charge is 0.494 e. The summed E-state index contributed by atoms with van der Waals surface area (Å²) in [5.41, 5.74) is -0.0555. The van der Waals surface area contributed by atoms with Crippen LogP contribution in [0, 0.1) is 5.82 Å². The predicted molar refractivity (Wildman–Crippen MR) is 132 cm³/mol. The summed E-state index contributed by atoms with van der Waals surface area (Å²) in [5.74, 6) is -3.05. The summed E-state index contributed by atoms with van der Waals surface area (Å²) < 4.78 is 71.6. The number of amides is 1. The van der Waals surface area contributed by atoms with E-state index in [-0.39, 0.29) is 51.4 Å². The van der Waals surface area contributed by atoms with Crippen molar-refractivity contribution >= 4 is 17.5 Å². The second-order valence-electron chi connectivity index (χ2n) is 8.25. The van der Waals surface area contributed by atoms with Gasteiger partial charge in [0.1, 0.15) is 29.8 Å². The number of aliphatic hydroxyl groups excluding tert-OH is 1. The predicted octanol–water partition coefficient (Wildman–Crippen LogP) is 5.39. The van der Waals surface area contributed by atoms with Gasteiger partial charge in [0.05, 0.1) is 31.0 Å². The number of methoxy groups -OCH3 is 2. The van der Waals surface area contributed by atoms with Gasteiger partial charge < -0.3 is 24.6 Å². The van der Waals surface area contributed by atoms with Crippen LogP contribution in [0.4, 0.5) is 17.6 Å². The number of rotatable bonds is 10. The molecule has 2 unspecified atom stereocenters. The van der Waals surface area contributed by atoms with Gasteiger partial charge in [0, 0.05) is 17.7 Å². The molecule has 0 saturated heterocycles. The quantitative estimate of drug-likeness (QED) is 0.325. The number of aromatic nitrogens is 1. The van der Waals surface area contributed by atoms with E-state index in [4.69, 9.17) is 25.8 Å². The van der Waals surface area contributed by atoms with Crippen molar-refractivity contribution in [1.82, 2.24) is 10.3 Å². The van der Waals surface area contributed by atoms with Gasteiger partial charge in [-0.1, -0.05) is 11.6 Å². The zero-order valence-electron chi connectivity index (χ0n) is 20.6. The summed E-state index contributed by atoms with van der Waals surface area (Å²) in [6.07, 6.45) is -5.50. The number of carbonyl (C=O) groups excluding carboxylic acids is 1. The molecule has 0 bridgehead atoms. The van der Waals surface area contributed by atoms with E-state index in [2.05, 4.69) is 10.3 Å².